The minimum absolute atomic E-state index is 0.0454. The molecule has 2 N–H and O–H groups in total. The molecule has 3 aromatic heterocycles. The Kier molecular flexibility index (Phi) is 6.58. The standard InChI is InChI=1S/C29H28N6O3S/c1-18-17-39-26(32-18)23-9-6-11-35(23)27(36)22-14-20(24-31-10-12-37-24)13-21(15-22)25-33-34-28(38-25)29(2,30)16-19-7-4-3-5-8-19/h3-5,7-8,10,12-15,17,23H,6,9,11,16,30H2,1-2H3. The van der Waals surface area contributed by atoms with Crippen LogP contribution >= 0.6 is 11.3 Å². The molecule has 1 aliphatic rings. The van der Waals surface area contributed by atoms with Crippen LogP contribution in [0.3, 0.4) is 0 Å². The number of benzene rings is 2. The van der Waals surface area contributed by atoms with Gasteiger partial charge in [-0.15, -0.1) is 21.5 Å². The lowest BCUT2D eigenvalue weighted by Gasteiger charge is -2.23. The molecule has 198 valence electrons. The normalized spacial score (nSPS) is 16.9. The van der Waals surface area contributed by atoms with E-state index in [9.17, 15) is 4.79 Å². The van der Waals surface area contributed by atoms with Crippen molar-refractivity contribution >= 4 is 17.2 Å². The van der Waals surface area contributed by atoms with E-state index < -0.39 is 5.54 Å². The van der Waals surface area contributed by atoms with Crippen molar-refractivity contribution < 1.29 is 13.6 Å². The maximum absolute atomic E-state index is 13.9. The monoisotopic (exact) mass is 540 g/mol. The number of carbonyl (C=O) groups is 1. The third kappa shape index (κ3) is 5.13. The minimum Gasteiger partial charge on any atom is -0.445 e. The number of hydrogen-bond donors (Lipinski definition) is 1. The average molecular weight is 541 g/mol. The molecule has 0 aliphatic carbocycles. The Morgan fingerprint density at radius 2 is 1.95 bits per heavy atom. The van der Waals surface area contributed by atoms with Crippen LogP contribution in [0.4, 0.5) is 0 Å². The first-order valence-corrected chi connectivity index (χ1v) is 13.7. The van der Waals surface area contributed by atoms with Crippen molar-refractivity contribution in [2.75, 3.05) is 6.54 Å². The SMILES string of the molecule is Cc1csc(C2CCCN2C(=O)c2cc(-c3ncco3)cc(-c3nnc(C(C)(N)Cc4ccccc4)o3)c2)n1. The van der Waals surface area contributed by atoms with Crippen LogP contribution in [0.5, 0.6) is 0 Å². The summed E-state index contributed by atoms with van der Waals surface area (Å²) in [4.78, 5) is 24.7. The summed E-state index contributed by atoms with van der Waals surface area (Å²) in [5, 5.41) is 11.6. The molecule has 1 amide bonds. The fourth-order valence-electron chi connectivity index (χ4n) is 4.99. The van der Waals surface area contributed by atoms with Crippen LogP contribution < -0.4 is 5.73 Å². The highest BCUT2D eigenvalue weighted by Gasteiger charge is 2.33. The lowest BCUT2D eigenvalue weighted by molar-refractivity contribution is 0.0735. The Balaban J connectivity index is 1.35. The molecular weight excluding hydrogens is 512 g/mol. The number of rotatable bonds is 7. The summed E-state index contributed by atoms with van der Waals surface area (Å²) in [5.74, 6) is 0.889. The molecule has 4 heterocycles. The number of nitrogens with two attached hydrogens (primary N) is 1. The maximum Gasteiger partial charge on any atom is 0.254 e. The van der Waals surface area contributed by atoms with E-state index in [-0.39, 0.29) is 17.8 Å². The number of oxazole rings is 1. The zero-order chi connectivity index (χ0) is 27.0. The van der Waals surface area contributed by atoms with Gasteiger partial charge < -0.3 is 19.5 Å². The lowest BCUT2D eigenvalue weighted by atomic mass is 9.94. The van der Waals surface area contributed by atoms with Crippen LogP contribution in [0.15, 0.2) is 75.2 Å². The van der Waals surface area contributed by atoms with E-state index >= 15 is 0 Å². The molecule has 1 saturated heterocycles. The molecule has 1 fully saturated rings. The van der Waals surface area contributed by atoms with E-state index in [0.717, 1.165) is 29.1 Å². The summed E-state index contributed by atoms with van der Waals surface area (Å²) >= 11 is 1.59. The van der Waals surface area contributed by atoms with Gasteiger partial charge >= 0.3 is 0 Å². The quantitative estimate of drug-likeness (QED) is 0.285. The van der Waals surface area contributed by atoms with Gasteiger partial charge in [-0.05, 0) is 56.9 Å². The van der Waals surface area contributed by atoms with E-state index in [1.807, 2.05) is 60.5 Å². The Morgan fingerprint density at radius 3 is 2.67 bits per heavy atom. The van der Waals surface area contributed by atoms with Gasteiger partial charge in [0.2, 0.25) is 17.7 Å². The molecule has 0 radical (unpaired) electrons. The van der Waals surface area contributed by atoms with Crippen LogP contribution in [0.2, 0.25) is 0 Å². The van der Waals surface area contributed by atoms with Crippen molar-refractivity contribution in [2.24, 2.45) is 5.73 Å². The zero-order valence-electron chi connectivity index (χ0n) is 21.7. The molecule has 39 heavy (non-hydrogen) atoms. The second-order valence-corrected chi connectivity index (χ2v) is 11.0. The summed E-state index contributed by atoms with van der Waals surface area (Å²) in [5.41, 5.74) is 9.49. The van der Waals surface area contributed by atoms with E-state index in [0.29, 0.717) is 41.4 Å². The number of aromatic nitrogens is 4. The van der Waals surface area contributed by atoms with Crippen LogP contribution in [0.1, 0.15) is 58.3 Å². The van der Waals surface area contributed by atoms with Crippen molar-refractivity contribution in [3.63, 3.8) is 0 Å². The predicted molar refractivity (Wildman–Crippen MR) is 147 cm³/mol. The summed E-state index contributed by atoms with van der Waals surface area (Å²) in [6.45, 7) is 4.50. The third-order valence-corrected chi connectivity index (χ3v) is 7.93. The smallest absolute Gasteiger partial charge is 0.254 e. The van der Waals surface area contributed by atoms with Gasteiger partial charge in [0.1, 0.15) is 11.3 Å². The molecule has 10 heteroatoms. The van der Waals surface area contributed by atoms with Gasteiger partial charge in [-0.2, -0.15) is 0 Å². The molecule has 2 atom stereocenters. The van der Waals surface area contributed by atoms with Gasteiger partial charge in [0.25, 0.3) is 5.91 Å². The highest BCUT2D eigenvalue weighted by molar-refractivity contribution is 7.09. The fraction of sp³-hybridized carbons (Fsp3) is 0.276. The molecule has 5 aromatic rings. The van der Waals surface area contributed by atoms with Crippen molar-refractivity contribution in [1.82, 2.24) is 25.1 Å². The molecule has 2 aromatic carbocycles. The first kappa shape index (κ1) is 25.1. The fourth-order valence-corrected chi connectivity index (χ4v) is 5.93. The molecule has 1 aliphatic heterocycles. The Labute approximate surface area is 229 Å². The second kappa shape index (κ2) is 10.2. The number of likely N-dealkylation sites (tertiary alicyclic amines) is 1. The number of amides is 1. The van der Waals surface area contributed by atoms with Crippen molar-refractivity contribution in [1.29, 1.82) is 0 Å². The lowest BCUT2D eigenvalue weighted by Crippen LogP contribution is -2.35. The van der Waals surface area contributed by atoms with E-state index in [4.69, 9.17) is 14.6 Å². The van der Waals surface area contributed by atoms with Crippen molar-refractivity contribution in [3.8, 4) is 22.9 Å². The predicted octanol–water partition coefficient (Wildman–Crippen LogP) is 5.55. The summed E-state index contributed by atoms with van der Waals surface area (Å²) in [6.07, 6.45) is 5.40. The first-order chi connectivity index (χ1) is 18.9. The zero-order valence-corrected chi connectivity index (χ0v) is 22.5. The molecule has 0 saturated carbocycles. The van der Waals surface area contributed by atoms with Crippen LogP contribution in [-0.4, -0.2) is 37.5 Å². The van der Waals surface area contributed by atoms with Gasteiger partial charge in [-0.25, -0.2) is 9.97 Å². The molecule has 0 spiro atoms. The first-order valence-electron chi connectivity index (χ1n) is 12.8. The van der Waals surface area contributed by atoms with Gasteiger partial charge in [0.15, 0.2) is 0 Å². The Bertz CT molecular complexity index is 1590. The topological polar surface area (TPSA) is 124 Å². The number of thiazole rings is 1. The van der Waals surface area contributed by atoms with E-state index in [1.165, 1.54) is 6.26 Å². The number of aryl methyl sites for hydroxylation is 1. The largest absolute Gasteiger partial charge is 0.445 e. The molecule has 9 nitrogen and oxygen atoms in total. The van der Waals surface area contributed by atoms with E-state index in [2.05, 4.69) is 20.2 Å². The number of nitrogens with zero attached hydrogens (tertiary/aromatic N) is 5. The molecule has 6 rings (SSSR count). The van der Waals surface area contributed by atoms with Crippen LogP contribution in [0, 0.1) is 6.92 Å². The van der Waals surface area contributed by atoms with Gasteiger partial charge in [0.05, 0.1) is 17.8 Å². The molecular formula is C29H28N6O3S. The highest BCUT2D eigenvalue weighted by Crippen LogP contribution is 2.36. The van der Waals surface area contributed by atoms with Crippen molar-refractivity contribution in [2.45, 2.75) is 44.7 Å². The average Bonchev–Trinajstić information content (AvgIpc) is 3.74. The minimum atomic E-state index is -0.875. The second-order valence-electron chi connectivity index (χ2n) is 10.1. The maximum atomic E-state index is 13.9. The third-order valence-electron chi connectivity index (χ3n) is 6.87. The van der Waals surface area contributed by atoms with Gasteiger partial charge in [-0.1, -0.05) is 30.3 Å². The van der Waals surface area contributed by atoms with Crippen LogP contribution in [-0.2, 0) is 12.0 Å². The summed E-state index contributed by atoms with van der Waals surface area (Å²) < 4.78 is 11.7. The summed E-state index contributed by atoms with van der Waals surface area (Å²) in [7, 11) is 0. The Morgan fingerprint density at radius 1 is 1.15 bits per heavy atom. The van der Waals surface area contributed by atoms with Gasteiger partial charge in [0, 0.05) is 34.3 Å². The summed E-state index contributed by atoms with van der Waals surface area (Å²) in [6, 6.07) is 15.3. The number of carbonyl (C=O) groups excluding carboxylic acids is 1. The number of hydrogen-bond acceptors (Lipinski definition) is 9. The molecule has 2 unspecified atom stereocenters. The van der Waals surface area contributed by atoms with E-state index in [1.54, 1.807) is 29.7 Å². The van der Waals surface area contributed by atoms with Gasteiger partial charge in [-0.3, -0.25) is 4.79 Å². The van der Waals surface area contributed by atoms with Crippen LogP contribution in [0.25, 0.3) is 22.9 Å². The highest BCUT2D eigenvalue weighted by atomic mass is 32.1. The van der Waals surface area contributed by atoms with Crippen molar-refractivity contribution in [3.05, 3.63) is 94.1 Å². The molecule has 0 bridgehead atoms. The Hall–Kier alpha value is -4.15.